The summed E-state index contributed by atoms with van der Waals surface area (Å²) in [6.45, 7) is 9.61. The number of nitrogens with two attached hydrogens (primary N) is 1. The first kappa shape index (κ1) is 17.5. The number of amides is 1. The first-order valence-corrected chi connectivity index (χ1v) is 7.84. The van der Waals surface area contributed by atoms with Gasteiger partial charge in [0.1, 0.15) is 0 Å². The van der Waals surface area contributed by atoms with Gasteiger partial charge < -0.3 is 11.1 Å². The van der Waals surface area contributed by atoms with Crippen molar-refractivity contribution in [3.63, 3.8) is 0 Å². The lowest BCUT2D eigenvalue weighted by Gasteiger charge is -2.27. The van der Waals surface area contributed by atoms with Crippen molar-refractivity contribution in [2.24, 2.45) is 0 Å². The van der Waals surface area contributed by atoms with Crippen LogP contribution in [0, 0.1) is 0 Å². The number of hydrogen-bond acceptors (Lipinski definition) is 3. The highest BCUT2D eigenvalue weighted by Gasteiger charge is 2.16. The van der Waals surface area contributed by atoms with Gasteiger partial charge in [0.05, 0.1) is 6.54 Å². The molecule has 0 heterocycles. The maximum absolute atomic E-state index is 12.2. The van der Waals surface area contributed by atoms with Crippen LogP contribution < -0.4 is 11.1 Å². The lowest BCUT2D eigenvalue weighted by Crippen LogP contribution is -2.43. The van der Waals surface area contributed by atoms with Crippen molar-refractivity contribution in [2.45, 2.75) is 59.2 Å². The Morgan fingerprint density at radius 3 is 2.24 bits per heavy atom. The number of hydrogen-bond donors (Lipinski definition) is 2. The second-order valence-electron chi connectivity index (χ2n) is 5.82. The molecule has 0 aromatic heterocycles. The van der Waals surface area contributed by atoms with Crippen LogP contribution in [-0.2, 0) is 11.3 Å². The summed E-state index contributed by atoms with van der Waals surface area (Å²) in [7, 11) is 0. The summed E-state index contributed by atoms with van der Waals surface area (Å²) in [4.78, 5) is 14.3. The molecule has 4 nitrogen and oxygen atoms in total. The van der Waals surface area contributed by atoms with E-state index in [4.69, 9.17) is 5.73 Å². The first-order valence-electron chi connectivity index (χ1n) is 7.84. The Labute approximate surface area is 128 Å². The molecule has 21 heavy (non-hydrogen) atoms. The van der Waals surface area contributed by atoms with Crippen LogP contribution in [0.2, 0.25) is 0 Å². The summed E-state index contributed by atoms with van der Waals surface area (Å²) in [5.74, 6) is 0.104. The highest BCUT2D eigenvalue weighted by molar-refractivity contribution is 5.78. The Balaban J connectivity index is 2.61. The predicted molar refractivity (Wildman–Crippen MR) is 88.9 cm³/mol. The molecular formula is C17H29N3O. The minimum absolute atomic E-state index is 0.104. The molecule has 0 aliphatic carbocycles. The monoisotopic (exact) mass is 291 g/mol. The molecule has 4 heteroatoms. The Morgan fingerprint density at radius 1 is 1.19 bits per heavy atom. The molecule has 0 spiro atoms. The van der Waals surface area contributed by atoms with E-state index in [1.54, 1.807) is 0 Å². The van der Waals surface area contributed by atoms with E-state index in [9.17, 15) is 4.79 Å². The number of rotatable bonds is 8. The van der Waals surface area contributed by atoms with Gasteiger partial charge >= 0.3 is 0 Å². The fraction of sp³-hybridized carbons (Fsp3) is 0.588. The van der Waals surface area contributed by atoms with E-state index >= 15 is 0 Å². The maximum atomic E-state index is 12.2. The van der Waals surface area contributed by atoms with Gasteiger partial charge in [0.25, 0.3) is 0 Å². The van der Waals surface area contributed by atoms with Gasteiger partial charge in [-0.3, -0.25) is 9.69 Å². The number of carbonyl (C=O) groups is 1. The van der Waals surface area contributed by atoms with Gasteiger partial charge in [0.2, 0.25) is 5.91 Å². The van der Waals surface area contributed by atoms with Crippen LogP contribution in [0.15, 0.2) is 24.3 Å². The molecule has 1 amide bonds. The SMILES string of the molecule is CCC(CC)NC(=O)CN(Cc1ccc(N)cc1)C(C)C. The van der Waals surface area contributed by atoms with Gasteiger partial charge in [-0.05, 0) is 44.4 Å². The van der Waals surface area contributed by atoms with E-state index in [-0.39, 0.29) is 11.9 Å². The van der Waals surface area contributed by atoms with Gasteiger partial charge in [-0.2, -0.15) is 0 Å². The van der Waals surface area contributed by atoms with Crippen molar-refractivity contribution in [2.75, 3.05) is 12.3 Å². The summed E-state index contributed by atoms with van der Waals surface area (Å²) < 4.78 is 0. The zero-order valence-electron chi connectivity index (χ0n) is 13.7. The second-order valence-corrected chi connectivity index (χ2v) is 5.82. The normalized spacial score (nSPS) is 11.4. The van der Waals surface area contributed by atoms with E-state index < -0.39 is 0 Å². The second kappa shape index (κ2) is 8.67. The Morgan fingerprint density at radius 2 is 1.76 bits per heavy atom. The Hall–Kier alpha value is -1.55. The molecule has 0 unspecified atom stereocenters. The summed E-state index contributed by atoms with van der Waals surface area (Å²) in [5, 5.41) is 3.10. The zero-order chi connectivity index (χ0) is 15.8. The van der Waals surface area contributed by atoms with Gasteiger partial charge in [0, 0.05) is 24.3 Å². The lowest BCUT2D eigenvalue weighted by atomic mass is 10.1. The molecule has 3 N–H and O–H groups in total. The molecule has 0 saturated heterocycles. The van der Waals surface area contributed by atoms with Gasteiger partial charge in [0.15, 0.2) is 0 Å². The fourth-order valence-electron chi connectivity index (χ4n) is 2.23. The minimum Gasteiger partial charge on any atom is -0.399 e. The third-order valence-corrected chi connectivity index (χ3v) is 3.79. The van der Waals surface area contributed by atoms with E-state index in [0.29, 0.717) is 12.6 Å². The van der Waals surface area contributed by atoms with Crippen molar-refractivity contribution in [1.29, 1.82) is 0 Å². The fourth-order valence-corrected chi connectivity index (χ4v) is 2.23. The van der Waals surface area contributed by atoms with Crippen molar-refractivity contribution in [3.8, 4) is 0 Å². The van der Waals surface area contributed by atoms with Crippen molar-refractivity contribution in [1.82, 2.24) is 10.2 Å². The van der Waals surface area contributed by atoms with Crippen LogP contribution >= 0.6 is 0 Å². The van der Waals surface area contributed by atoms with Crippen LogP contribution in [0.4, 0.5) is 5.69 Å². The summed E-state index contributed by atoms with van der Waals surface area (Å²) >= 11 is 0. The zero-order valence-corrected chi connectivity index (χ0v) is 13.7. The average Bonchev–Trinajstić information content (AvgIpc) is 2.46. The largest absolute Gasteiger partial charge is 0.399 e. The number of anilines is 1. The number of benzene rings is 1. The Bertz CT molecular complexity index is 424. The van der Waals surface area contributed by atoms with E-state index in [1.807, 2.05) is 24.3 Å². The summed E-state index contributed by atoms with van der Waals surface area (Å²) in [6, 6.07) is 8.43. The number of carbonyl (C=O) groups excluding carboxylic acids is 1. The molecule has 0 atom stereocenters. The lowest BCUT2D eigenvalue weighted by molar-refractivity contribution is -0.123. The van der Waals surface area contributed by atoms with Crippen LogP contribution in [0.1, 0.15) is 46.1 Å². The van der Waals surface area contributed by atoms with E-state index in [2.05, 4.69) is 37.9 Å². The minimum atomic E-state index is 0.104. The molecule has 1 rings (SSSR count). The highest BCUT2D eigenvalue weighted by Crippen LogP contribution is 2.11. The molecule has 1 aromatic rings. The highest BCUT2D eigenvalue weighted by atomic mass is 16.2. The Kier molecular flexibility index (Phi) is 7.23. The standard InChI is InChI=1S/C17H29N3O/c1-5-16(6-2)19-17(21)12-20(13(3)4)11-14-7-9-15(18)10-8-14/h7-10,13,16H,5-6,11-12,18H2,1-4H3,(H,19,21). The van der Waals surface area contributed by atoms with Crippen molar-refractivity contribution < 1.29 is 4.79 Å². The van der Waals surface area contributed by atoms with Crippen molar-refractivity contribution >= 4 is 11.6 Å². The van der Waals surface area contributed by atoms with Crippen LogP contribution in [0.25, 0.3) is 0 Å². The summed E-state index contributed by atoms with van der Waals surface area (Å²) in [5.41, 5.74) is 7.65. The smallest absolute Gasteiger partial charge is 0.234 e. The molecular weight excluding hydrogens is 262 g/mol. The molecule has 0 saturated carbocycles. The molecule has 0 aliphatic heterocycles. The van der Waals surface area contributed by atoms with E-state index in [0.717, 1.165) is 25.1 Å². The van der Waals surface area contributed by atoms with Gasteiger partial charge in [-0.25, -0.2) is 0 Å². The average molecular weight is 291 g/mol. The number of nitrogen functional groups attached to an aromatic ring is 1. The van der Waals surface area contributed by atoms with Crippen molar-refractivity contribution in [3.05, 3.63) is 29.8 Å². The summed E-state index contributed by atoms with van der Waals surface area (Å²) in [6.07, 6.45) is 1.95. The van der Waals surface area contributed by atoms with Crippen LogP contribution in [0.5, 0.6) is 0 Å². The molecule has 0 aliphatic rings. The molecule has 0 fully saturated rings. The quantitative estimate of drug-likeness (QED) is 0.724. The topological polar surface area (TPSA) is 58.4 Å². The van der Waals surface area contributed by atoms with Crippen LogP contribution in [-0.4, -0.2) is 29.4 Å². The van der Waals surface area contributed by atoms with E-state index in [1.165, 1.54) is 5.56 Å². The third kappa shape index (κ3) is 6.17. The molecule has 118 valence electrons. The molecule has 0 bridgehead atoms. The van der Waals surface area contributed by atoms with Gasteiger partial charge in [-0.15, -0.1) is 0 Å². The molecule has 1 aromatic carbocycles. The van der Waals surface area contributed by atoms with Crippen LogP contribution in [0.3, 0.4) is 0 Å². The number of nitrogens with zero attached hydrogens (tertiary/aromatic N) is 1. The first-order chi connectivity index (χ1) is 9.96. The third-order valence-electron chi connectivity index (χ3n) is 3.79. The maximum Gasteiger partial charge on any atom is 0.234 e. The van der Waals surface area contributed by atoms with Gasteiger partial charge in [-0.1, -0.05) is 26.0 Å². The number of nitrogens with one attached hydrogen (secondary N) is 1. The molecule has 0 radical (unpaired) electrons. The predicted octanol–water partition coefficient (Wildman–Crippen LogP) is 2.78.